The van der Waals surface area contributed by atoms with Gasteiger partial charge in [-0.15, -0.1) is 0 Å². The molecule has 2 aromatic rings. The van der Waals surface area contributed by atoms with Crippen molar-refractivity contribution in [1.82, 2.24) is 5.32 Å². The number of likely N-dealkylation sites (N-methyl/N-ethyl adjacent to an activating group) is 1. The van der Waals surface area contributed by atoms with Crippen molar-refractivity contribution in [2.45, 2.75) is 68.7 Å². The number of carbonyl (C=O) groups excluding carboxylic acids is 2. The SMILES string of the molecule is COc1cccc([C@@]23CC[N@+](C)(CC4CC4)CC2(OC(C)=O)CC[C@H](NC(=O)C#Cc2ccc(C(F)(F)F)cc2)C3)c1. The molecule has 2 saturated carbocycles. The molecule has 9 heteroatoms. The molecule has 6 nitrogen and oxygen atoms in total. The highest BCUT2D eigenvalue weighted by atomic mass is 19.4. The van der Waals surface area contributed by atoms with Crippen LogP contribution in [0.4, 0.5) is 13.2 Å². The number of carbonyl (C=O) groups is 2. The summed E-state index contributed by atoms with van der Waals surface area (Å²) in [6.07, 6.45) is 0.590. The first kappa shape index (κ1) is 30.0. The summed E-state index contributed by atoms with van der Waals surface area (Å²) in [6.45, 7) is 4.16. The zero-order valence-electron chi connectivity index (χ0n) is 24.4. The van der Waals surface area contributed by atoms with Gasteiger partial charge in [0.15, 0.2) is 5.60 Å². The molecule has 224 valence electrons. The predicted molar refractivity (Wildman–Crippen MR) is 151 cm³/mol. The van der Waals surface area contributed by atoms with Crippen LogP contribution in [0.1, 0.15) is 62.1 Å². The van der Waals surface area contributed by atoms with Gasteiger partial charge in [0.05, 0.1) is 32.8 Å². The van der Waals surface area contributed by atoms with Crippen molar-refractivity contribution in [3.63, 3.8) is 0 Å². The van der Waals surface area contributed by atoms with Crippen LogP contribution in [-0.2, 0) is 25.9 Å². The molecular formula is C33H38F3N2O4+. The smallest absolute Gasteiger partial charge is 0.416 e. The zero-order valence-corrected chi connectivity index (χ0v) is 24.4. The van der Waals surface area contributed by atoms with Gasteiger partial charge in [-0.1, -0.05) is 18.1 Å². The Labute approximate surface area is 245 Å². The zero-order chi connectivity index (χ0) is 30.2. The summed E-state index contributed by atoms with van der Waals surface area (Å²) in [4.78, 5) is 25.6. The minimum absolute atomic E-state index is 0.227. The number of piperidine rings is 1. The third-order valence-electron chi connectivity index (χ3n) is 9.30. The van der Waals surface area contributed by atoms with Crippen molar-refractivity contribution in [3.8, 4) is 17.6 Å². The standard InChI is InChI=1S/C33H37F3N2O4/c1-23(39)42-32-16-15-28(37-30(40)14-11-24-9-12-26(13-10-24)33(34,35)36)20-31(32,27-5-4-6-29(19-27)41-3)17-18-38(2,22-32)21-25-7-8-25/h4-6,9-10,12-13,19,25,28H,7-8,15-18,20-22H2,1-3H3/p+1/t28-,31-,32?,38+/m0/s1. The Kier molecular flexibility index (Phi) is 8.06. The van der Waals surface area contributed by atoms with Gasteiger partial charge in [-0.25, -0.2) is 0 Å². The van der Waals surface area contributed by atoms with Crippen molar-refractivity contribution in [2.75, 3.05) is 33.8 Å². The third-order valence-corrected chi connectivity index (χ3v) is 9.30. The first-order chi connectivity index (χ1) is 19.9. The molecule has 1 aliphatic heterocycles. The molecule has 2 aliphatic carbocycles. The fraction of sp³-hybridized carbons (Fsp3) is 0.515. The van der Waals surface area contributed by atoms with E-state index in [1.807, 2.05) is 18.2 Å². The van der Waals surface area contributed by atoms with Gasteiger partial charge in [-0.3, -0.25) is 9.59 Å². The first-order valence-electron chi connectivity index (χ1n) is 14.5. The van der Waals surface area contributed by atoms with Crippen LogP contribution < -0.4 is 10.1 Å². The second kappa shape index (κ2) is 11.3. The van der Waals surface area contributed by atoms with Gasteiger partial charge in [-0.2, -0.15) is 13.2 Å². The van der Waals surface area contributed by atoms with Gasteiger partial charge >= 0.3 is 12.1 Å². The number of ether oxygens (including phenoxy) is 2. The normalized spacial score (nSPS) is 29.0. The maximum Gasteiger partial charge on any atom is 0.416 e. The Morgan fingerprint density at radius 3 is 2.48 bits per heavy atom. The molecule has 2 aromatic carbocycles. The number of methoxy groups -OCH3 is 1. The lowest BCUT2D eigenvalue weighted by Crippen LogP contribution is -2.72. The van der Waals surface area contributed by atoms with Crippen LogP contribution in [0.2, 0.25) is 0 Å². The van der Waals surface area contributed by atoms with Crippen molar-refractivity contribution in [3.05, 3.63) is 65.2 Å². The molecule has 5 rings (SSSR count). The second-order valence-corrected chi connectivity index (χ2v) is 12.5. The van der Waals surface area contributed by atoms with Crippen LogP contribution in [0.5, 0.6) is 5.75 Å². The van der Waals surface area contributed by atoms with Crippen LogP contribution in [0.25, 0.3) is 0 Å². The summed E-state index contributed by atoms with van der Waals surface area (Å²) < 4.78 is 51.4. The van der Waals surface area contributed by atoms with Crippen molar-refractivity contribution >= 4 is 11.9 Å². The van der Waals surface area contributed by atoms with Gasteiger partial charge in [0.1, 0.15) is 12.3 Å². The van der Waals surface area contributed by atoms with E-state index < -0.39 is 28.7 Å². The van der Waals surface area contributed by atoms with Crippen LogP contribution >= 0.6 is 0 Å². The van der Waals surface area contributed by atoms with Crippen LogP contribution in [0.3, 0.4) is 0 Å². The second-order valence-electron chi connectivity index (χ2n) is 12.5. The molecule has 1 amide bonds. The largest absolute Gasteiger partial charge is 0.497 e. The monoisotopic (exact) mass is 583 g/mol. The molecule has 1 saturated heterocycles. The van der Waals surface area contributed by atoms with Gasteiger partial charge in [0.25, 0.3) is 5.91 Å². The quantitative estimate of drug-likeness (QED) is 0.287. The molecule has 0 bridgehead atoms. The molecule has 1 N–H and O–H groups in total. The maximum absolute atomic E-state index is 12.9. The fourth-order valence-corrected chi connectivity index (χ4v) is 7.27. The van der Waals surface area contributed by atoms with Gasteiger partial charge in [0, 0.05) is 42.2 Å². The summed E-state index contributed by atoms with van der Waals surface area (Å²) in [5.74, 6) is 5.84. The highest BCUT2D eigenvalue weighted by Crippen LogP contribution is 2.55. The lowest BCUT2D eigenvalue weighted by Gasteiger charge is -2.60. The molecule has 3 aliphatic rings. The minimum atomic E-state index is -4.43. The summed E-state index contributed by atoms with van der Waals surface area (Å²) in [7, 11) is 3.89. The van der Waals surface area contributed by atoms with Crippen molar-refractivity contribution in [1.29, 1.82) is 0 Å². The predicted octanol–water partition coefficient (Wildman–Crippen LogP) is 5.23. The lowest BCUT2D eigenvalue weighted by molar-refractivity contribution is -0.924. The average Bonchev–Trinajstić information content (AvgIpc) is 3.75. The third kappa shape index (κ3) is 6.29. The lowest BCUT2D eigenvalue weighted by atomic mass is 9.54. The molecule has 1 heterocycles. The Hall–Kier alpha value is -3.51. The van der Waals surface area contributed by atoms with Gasteiger partial charge in [0.2, 0.25) is 0 Å². The number of hydrogen-bond acceptors (Lipinski definition) is 4. The number of hydrogen-bond donors (Lipinski definition) is 1. The molecule has 1 unspecified atom stereocenters. The molecule has 0 radical (unpaired) electrons. The summed E-state index contributed by atoms with van der Waals surface area (Å²) in [5.41, 5.74) is -0.719. The number of rotatable bonds is 6. The number of benzene rings is 2. The number of likely N-dealkylation sites (tertiary alicyclic amines) is 1. The Bertz CT molecular complexity index is 1390. The number of nitrogens with one attached hydrogen (secondary N) is 1. The fourth-order valence-electron chi connectivity index (χ4n) is 7.27. The molecule has 0 spiro atoms. The first-order valence-corrected chi connectivity index (χ1v) is 14.5. The number of quaternary nitrogens is 1. The highest BCUT2D eigenvalue weighted by Gasteiger charge is 2.65. The van der Waals surface area contributed by atoms with E-state index in [4.69, 9.17) is 9.47 Å². The number of alkyl halides is 3. The Morgan fingerprint density at radius 2 is 1.83 bits per heavy atom. The molecule has 42 heavy (non-hydrogen) atoms. The van der Waals surface area contributed by atoms with E-state index in [1.54, 1.807) is 7.11 Å². The van der Waals surface area contributed by atoms with Crippen molar-refractivity contribution in [2.24, 2.45) is 5.92 Å². The molecule has 3 fully saturated rings. The van der Waals surface area contributed by atoms with Crippen LogP contribution in [0.15, 0.2) is 48.5 Å². The number of halogens is 3. The summed E-state index contributed by atoms with van der Waals surface area (Å²) >= 11 is 0. The minimum Gasteiger partial charge on any atom is -0.497 e. The van der Waals surface area contributed by atoms with E-state index >= 15 is 0 Å². The van der Waals surface area contributed by atoms with E-state index in [9.17, 15) is 22.8 Å². The molecule has 4 atom stereocenters. The Morgan fingerprint density at radius 1 is 1.10 bits per heavy atom. The van der Waals surface area contributed by atoms with Gasteiger partial charge < -0.3 is 19.3 Å². The van der Waals surface area contributed by atoms with E-state index in [2.05, 4.69) is 30.3 Å². The summed E-state index contributed by atoms with van der Waals surface area (Å²) in [5, 5.41) is 3.05. The number of amides is 1. The number of fused-ring (bicyclic) bond motifs is 1. The van der Waals surface area contributed by atoms with Gasteiger partial charge in [-0.05, 0) is 74.1 Å². The highest BCUT2D eigenvalue weighted by molar-refractivity contribution is 5.94. The van der Waals surface area contributed by atoms with Crippen LogP contribution in [-0.4, -0.2) is 61.8 Å². The van der Waals surface area contributed by atoms with E-state index in [0.29, 0.717) is 43.0 Å². The van der Waals surface area contributed by atoms with E-state index in [1.165, 1.54) is 31.9 Å². The molecule has 0 aromatic heterocycles. The van der Waals surface area contributed by atoms with E-state index in [-0.39, 0.29) is 12.0 Å². The number of esters is 1. The van der Waals surface area contributed by atoms with Crippen molar-refractivity contribution < 1.29 is 36.7 Å². The Balaban J connectivity index is 1.42. The summed E-state index contributed by atoms with van der Waals surface area (Å²) in [6, 6.07) is 12.1. The van der Waals surface area contributed by atoms with E-state index in [0.717, 1.165) is 41.7 Å². The molecular weight excluding hydrogens is 545 g/mol. The number of nitrogens with zero attached hydrogens (tertiary/aromatic N) is 1. The van der Waals surface area contributed by atoms with Crippen LogP contribution in [0, 0.1) is 17.8 Å². The maximum atomic E-state index is 12.9. The average molecular weight is 584 g/mol. The topological polar surface area (TPSA) is 64.6 Å².